The molecule has 0 spiro atoms. The standard InChI is InChI=1S/C14H10ClN5O4S/c1-2-24-13(21)7-3-4-8-9(5-7)25-14(18-8)19-12-10(20(22)23)11(15)16-6-17-12/h3-6H,2H2,1H3,(H,16,17,18,19). The molecule has 0 aliphatic carbocycles. The summed E-state index contributed by atoms with van der Waals surface area (Å²) >= 11 is 6.97. The summed E-state index contributed by atoms with van der Waals surface area (Å²) < 4.78 is 5.68. The van der Waals surface area contributed by atoms with E-state index in [1.807, 2.05) is 0 Å². The zero-order valence-electron chi connectivity index (χ0n) is 12.7. The molecule has 1 N–H and O–H groups in total. The van der Waals surface area contributed by atoms with Crippen LogP contribution in [0.3, 0.4) is 0 Å². The highest BCUT2D eigenvalue weighted by Crippen LogP contribution is 2.34. The van der Waals surface area contributed by atoms with Gasteiger partial charge >= 0.3 is 11.7 Å². The van der Waals surface area contributed by atoms with Crippen LogP contribution in [-0.4, -0.2) is 32.5 Å². The number of nitrogens with one attached hydrogen (secondary N) is 1. The quantitative estimate of drug-likeness (QED) is 0.309. The van der Waals surface area contributed by atoms with Crippen LogP contribution in [-0.2, 0) is 4.74 Å². The number of nitro groups is 1. The van der Waals surface area contributed by atoms with E-state index in [9.17, 15) is 14.9 Å². The van der Waals surface area contributed by atoms with Gasteiger partial charge in [0.1, 0.15) is 6.33 Å². The van der Waals surface area contributed by atoms with Gasteiger partial charge < -0.3 is 10.1 Å². The maximum absolute atomic E-state index is 11.8. The Morgan fingerprint density at radius 2 is 2.24 bits per heavy atom. The first-order valence-electron chi connectivity index (χ1n) is 6.99. The average molecular weight is 380 g/mol. The molecule has 9 nitrogen and oxygen atoms in total. The second-order valence-corrected chi connectivity index (χ2v) is 6.05. The first kappa shape index (κ1) is 17.0. The van der Waals surface area contributed by atoms with Gasteiger partial charge in [-0.05, 0) is 25.1 Å². The third-order valence-corrected chi connectivity index (χ3v) is 4.30. The molecular weight excluding hydrogens is 370 g/mol. The molecule has 2 heterocycles. The molecule has 3 rings (SSSR count). The minimum atomic E-state index is -0.670. The Labute approximate surface area is 149 Å². The van der Waals surface area contributed by atoms with Crippen molar-refractivity contribution in [3.05, 3.63) is 45.4 Å². The molecule has 3 aromatic rings. The lowest BCUT2D eigenvalue weighted by Gasteiger charge is -2.02. The summed E-state index contributed by atoms with van der Waals surface area (Å²) in [6.45, 7) is 2.01. The smallest absolute Gasteiger partial charge is 0.348 e. The number of nitrogens with zero attached hydrogens (tertiary/aromatic N) is 4. The van der Waals surface area contributed by atoms with Crippen LogP contribution in [0.4, 0.5) is 16.6 Å². The normalized spacial score (nSPS) is 10.6. The number of carbonyl (C=O) groups is 1. The van der Waals surface area contributed by atoms with Gasteiger partial charge in [0.2, 0.25) is 11.0 Å². The van der Waals surface area contributed by atoms with Crippen LogP contribution in [0.25, 0.3) is 10.2 Å². The molecule has 0 aliphatic rings. The number of halogens is 1. The number of hydrogen-bond donors (Lipinski definition) is 1. The maximum atomic E-state index is 11.8. The Morgan fingerprint density at radius 1 is 1.44 bits per heavy atom. The Hall–Kier alpha value is -2.85. The van der Waals surface area contributed by atoms with Crippen molar-refractivity contribution in [2.75, 3.05) is 11.9 Å². The van der Waals surface area contributed by atoms with Gasteiger partial charge in [0.05, 0.1) is 27.3 Å². The molecule has 0 saturated heterocycles. The third kappa shape index (κ3) is 3.49. The zero-order valence-corrected chi connectivity index (χ0v) is 14.3. The fraction of sp³-hybridized carbons (Fsp3) is 0.143. The van der Waals surface area contributed by atoms with E-state index in [1.165, 1.54) is 11.3 Å². The average Bonchev–Trinajstić information content (AvgIpc) is 2.96. The minimum absolute atomic E-state index is 0.0605. The molecule has 0 bridgehead atoms. The Bertz CT molecular complexity index is 977. The van der Waals surface area contributed by atoms with E-state index in [0.717, 1.165) is 11.0 Å². The first-order chi connectivity index (χ1) is 12.0. The van der Waals surface area contributed by atoms with Crippen LogP contribution >= 0.6 is 22.9 Å². The number of aromatic nitrogens is 3. The Morgan fingerprint density at radius 3 is 2.96 bits per heavy atom. The van der Waals surface area contributed by atoms with Gasteiger partial charge in [0.25, 0.3) is 0 Å². The van der Waals surface area contributed by atoms with Gasteiger partial charge in [-0.1, -0.05) is 22.9 Å². The summed E-state index contributed by atoms with van der Waals surface area (Å²) in [4.78, 5) is 34.0. The lowest BCUT2D eigenvalue weighted by atomic mass is 10.2. The Kier molecular flexibility index (Phi) is 4.72. The number of ether oxygens (including phenoxy) is 1. The summed E-state index contributed by atoms with van der Waals surface area (Å²) in [5.74, 6) is -0.486. The van der Waals surface area contributed by atoms with Crippen LogP contribution in [0.2, 0.25) is 5.15 Å². The fourth-order valence-corrected chi connectivity index (χ4v) is 3.14. The molecule has 2 aromatic heterocycles. The molecule has 0 amide bonds. The van der Waals surface area contributed by atoms with Crippen molar-refractivity contribution < 1.29 is 14.5 Å². The third-order valence-electron chi connectivity index (χ3n) is 3.09. The van der Waals surface area contributed by atoms with E-state index < -0.39 is 16.6 Å². The lowest BCUT2D eigenvalue weighted by molar-refractivity contribution is -0.384. The van der Waals surface area contributed by atoms with Crippen LogP contribution in [0.1, 0.15) is 17.3 Å². The van der Waals surface area contributed by atoms with Gasteiger partial charge in [0, 0.05) is 0 Å². The summed E-state index contributed by atoms with van der Waals surface area (Å²) in [7, 11) is 0. The highest BCUT2D eigenvalue weighted by atomic mass is 35.5. The largest absolute Gasteiger partial charge is 0.462 e. The van der Waals surface area contributed by atoms with E-state index >= 15 is 0 Å². The molecule has 11 heteroatoms. The first-order valence-corrected chi connectivity index (χ1v) is 8.18. The highest BCUT2D eigenvalue weighted by molar-refractivity contribution is 7.22. The van der Waals surface area contributed by atoms with Gasteiger partial charge in [-0.15, -0.1) is 0 Å². The van der Waals surface area contributed by atoms with Gasteiger partial charge in [-0.3, -0.25) is 10.1 Å². The number of carbonyl (C=O) groups excluding carboxylic acids is 1. The number of esters is 1. The molecule has 1 aromatic carbocycles. The molecule has 0 radical (unpaired) electrons. The van der Waals surface area contributed by atoms with Gasteiger partial charge in [-0.25, -0.2) is 19.7 Å². The van der Waals surface area contributed by atoms with Crippen LogP contribution < -0.4 is 5.32 Å². The molecule has 0 atom stereocenters. The molecule has 0 aliphatic heterocycles. The van der Waals surface area contributed by atoms with Crippen molar-refractivity contribution in [1.82, 2.24) is 15.0 Å². The predicted molar refractivity (Wildman–Crippen MR) is 92.6 cm³/mol. The van der Waals surface area contributed by atoms with E-state index in [-0.39, 0.29) is 17.6 Å². The van der Waals surface area contributed by atoms with Crippen LogP contribution in [0, 0.1) is 10.1 Å². The van der Waals surface area contributed by atoms with E-state index in [1.54, 1.807) is 25.1 Å². The lowest BCUT2D eigenvalue weighted by Crippen LogP contribution is -2.03. The number of anilines is 2. The topological polar surface area (TPSA) is 120 Å². The SMILES string of the molecule is CCOC(=O)c1ccc2nc(Nc3ncnc(Cl)c3[N+](=O)[O-])sc2c1. The zero-order chi connectivity index (χ0) is 18.0. The monoisotopic (exact) mass is 379 g/mol. The molecular formula is C14H10ClN5O4S. The molecule has 0 fully saturated rings. The van der Waals surface area contributed by atoms with Crippen LogP contribution in [0.15, 0.2) is 24.5 Å². The van der Waals surface area contributed by atoms with Gasteiger partial charge in [0.15, 0.2) is 5.13 Å². The van der Waals surface area contributed by atoms with E-state index in [0.29, 0.717) is 16.2 Å². The van der Waals surface area contributed by atoms with E-state index in [4.69, 9.17) is 16.3 Å². The number of rotatable bonds is 5. The number of fused-ring (bicyclic) bond motifs is 1. The van der Waals surface area contributed by atoms with Crippen molar-refractivity contribution in [1.29, 1.82) is 0 Å². The molecule has 0 unspecified atom stereocenters. The van der Waals surface area contributed by atoms with Crippen LogP contribution in [0.5, 0.6) is 0 Å². The number of hydrogen-bond acceptors (Lipinski definition) is 9. The van der Waals surface area contributed by atoms with Crippen molar-refractivity contribution >= 4 is 55.8 Å². The second kappa shape index (κ2) is 6.95. The highest BCUT2D eigenvalue weighted by Gasteiger charge is 2.22. The van der Waals surface area contributed by atoms with Crippen molar-refractivity contribution in [3.8, 4) is 0 Å². The summed E-state index contributed by atoms with van der Waals surface area (Å²) in [6.07, 6.45) is 1.11. The summed E-state index contributed by atoms with van der Waals surface area (Å²) in [5, 5.41) is 14.0. The number of benzene rings is 1. The van der Waals surface area contributed by atoms with Crippen molar-refractivity contribution in [2.45, 2.75) is 6.92 Å². The predicted octanol–water partition coefficient (Wildman–Crippen LogP) is 3.57. The Balaban J connectivity index is 1.94. The number of thiazole rings is 1. The molecule has 128 valence electrons. The summed E-state index contributed by atoms with van der Waals surface area (Å²) in [6, 6.07) is 4.93. The maximum Gasteiger partial charge on any atom is 0.348 e. The molecule has 25 heavy (non-hydrogen) atoms. The minimum Gasteiger partial charge on any atom is -0.462 e. The van der Waals surface area contributed by atoms with Crippen molar-refractivity contribution in [3.63, 3.8) is 0 Å². The van der Waals surface area contributed by atoms with Gasteiger partial charge in [-0.2, -0.15) is 0 Å². The van der Waals surface area contributed by atoms with E-state index in [2.05, 4.69) is 20.3 Å². The molecule has 0 saturated carbocycles. The second-order valence-electron chi connectivity index (χ2n) is 4.67. The van der Waals surface area contributed by atoms with Crippen molar-refractivity contribution in [2.24, 2.45) is 0 Å². The summed E-state index contributed by atoms with van der Waals surface area (Å²) in [5.41, 5.74) is 0.597. The fourth-order valence-electron chi connectivity index (χ4n) is 2.03.